The molecule has 1 heterocycles. The van der Waals surface area contributed by atoms with Crippen molar-refractivity contribution < 1.29 is 9.63 Å². The van der Waals surface area contributed by atoms with Crippen molar-refractivity contribution in [1.82, 2.24) is 0 Å². The van der Waals surface area contributed by atoms with Crippen molar-refractivity contribution in [1.29, 1.82) is 0 Å². The lowest BCUT2D eigenvalue weighted by atomic mass is 10.1. The van der Waals surface area contributed by atoms with Gasteiger partial charge in [-0.3, -0.25) is 4.79 Å². The Labute approximate surface area is 142 Å². The fraction of sp³-hybridized carbons (Fsp3) is 0.0588. The lowest BCUT2D eigenvalue weighted by molar-refractivity contribution is -0.105. The highest BCUT2D eigenvalue weighted by molar-refractivity contribution is 9.10. The minimum absolute atomic E-state index is 0.658. The van der Waals surface area contributed by atoms with E-state index in [9.17, 15) is 4.79 Å². The number of carbonyl (C=O) groups is 1. The maximum absolute atomic E-state index is 10.8. The second-order valence-corrected chi connectivity index (χ2v) is 5.76. The Morgan fingerprint density at radius 1 is 1.26 bits per heavy atom. The van der Waals surface area contributed by atoms with Crippen molar-refractivity contribution in [2.45, 2.75) is 0 Å². The van der Waals surface area contributed by atoms with E-state index in [0.717, 1.165) is 32.7 Å². The molecule has 1 aliphatic heterocycles. The second kappa shape index (κ2) is 6.66. The molecule has 1 aliphatic rings. The number of rotatable bonds is 4. The number of nitrogens with one attached hydrogen (secondary N) is 2. The molecular weight excluding hydrogens is 358 g/mol. The summed E-state index contributed by atoms with van der Waals surface area (Å²) in [4.78, 5) is 15.8. The van der Waals surface area contributed by atoms with Gasteiger partial charge in [-0.1, -0.05) is 45.4 Å². The Bertz CT molecular complexity index is 815. The van der Waals surface area contributed by atoms with Gasteiger partial charge in [-0.25, -0.2) is 0 Å². The molecule has 3 rings (SSSR count). The van der Waals surface area contributed by atoms with Gasteiger partial charge in [-0.15, -0.1) is 0 Å². The van der Waals surface area contributed by atoms with Crippen LogP contribution in [0.1, 0.15) is 11.1 Å². The van der Waals surface area contributed by atoms with Crippen LogP contribution >= 0.6 is 15.9 Å². The highest BCUT2D eigenvalue weighted by Gasteiger charge is 2.23. The third-order valence-electron chi connectivity index (χ3n) is 3.42. The van der Waals surface area contributed by atoms with Gasteiger partial charge in [0, 0.05) is 27.0 Å². The van der Waals surface area contributed by atoms with Crippen LogP contribution in [0.5, 0.6) is 0 Å². The van der Waals surface area contributed by atoms with Crippen molar-refractivity contribution in [2.24, 2.45) is 5.16 Å². The number of para-hydroxylation sites is 1. The fourth-order valence-electron chi connectivity index (χ4n) is 2.44. The van der Waals surface area contributed by atoms with Gasteiger partial charge in [-0.05, 0) is 24.3 Å². The number of halogens is 1. The first-order chi connectivity index (χ1) is 11.2. The summed E-state index contributed by atoms with van der Waals surface area (Å²) < 4.78 is 0.887. The van der Waals surface area contributed by atoms with Gasteiger partial charge in [0.25, 0.3) is 0 Å². The zero-order valence-electron chi connectivity index (χ0n) is 12.3. The second-order valence-electron chi connectivity index (χ2n) is 4.84. The molecule has 0 bridgehead atoms. The van der Waals surface area contributed by atoms with E-state index in [1.807, 2.05) is 48.5 Å². The molecule has 0 atom stereocenters. The quantitative estimate of drug-likeness (QED) is 0.633. The Balaban J connectivity index is 2.07. The van der Waals surface area contributed by atoms with Crippen LogP contribution in [-0.2, 0) is 9.63 Å². The Morgan fingerprint density at radius 2 is 2.09 bits per heavy atom. The molecule has 2 N–H and O–H groups in total. The molecule has 5 nitrogen and oxygen atoms in total. The zero-order valence-corrected chi connectivity index (χ0v) is 13.9. The van der Waals surface area contributed by atoms with Crippen LogP contribution in [0.15, 0.2) is 57.8 Å². The molecule has 1 amide bonds. The normalized spacial score (nSPS) is 16.1. The van der Waals surface area contributed by atoms with E-state index in [-0.39, 0.29) is 0 Å². The minimum atomic E-state index is 0.658. The van der Waals surface area contributed by atoms with E-state index in [4.69, 9.17) is 4.84 Å². The fourth-order valence-corrected chi connectivity index (χ4v) is 2.80. The monoisotopic (exact) mass is 371 g/mol. The number of allylic oxidation sites excluding steroid dienone is 1. The van der Waals surface area contributed by atoms with E-state index in [1.54, 1.807) is 0 Å². The average Bonchev–Trinajstić information content (AvgIpc) is 2.89. The molecule has 6 heteroatoms. The third kappa shape index (κ3) is 3.12. The maximum Gasteiger partial charge on any atom is 0.211 e. The number of amides is 1. The molecule has 0 aliphatic carbocycles. The van der Waals surface area contributed by atoms with Crippen molar-refractivity contribution in [3.05, 3.63) is 63.8 Å². The highest BCUT2D eigenvalue weighted by atomic mass is 79.9. The highest BCUT2D eigenvalue weighted by Crippen LogP contribution is 2.31. The number of nitrogens with zero attached hydrogens (tertiary/aromatic N) is 1. The van der Waals surface area contributed by atoms with Crippen molar-refractivity contribution in [3.8, 4) is 0 Å². The van der Waals surface area contributed by atoms with E-state index in [1.165, 1.54) is 7.11 Å². The smallest absolute Gasteiger partial charge is 0.211 e. The summed E-state index contributed by atoms with van der Waals surface area (Å²) in [5, 5.41) is 10.2. The number of hydrogen-bond donors (Lipinski definition) is 2. The lowest BCUT2D eigenvalue weighted by Crippen LogP contribution is -2.04. The molecule has 23 heavy (non-hydrogen) atoms. The molecule has 2 aromatic rings. The molecule has 0 unspecified atom stereocenters. The lowest BCUT2D eigenvalue weighted by Gasteiger charge is -2.07. The van der Waals surface area contributed by atoms with E-state index < -0.39 is 0 Å². The minimum Gasteiger partial charge on any atom is -0.399 e. The Hall–Kier alpha value is -2.60. The number of anilines is 2. The van der Waals surface area contributed by atoms with Crippen molar-refractivity contribution in [3.63, 3.8) is 0 Å². The van der Waals surface area contributed by atoms with E-state index in [0.29, 0.717) is 12.1 Å². The summed E-state index contributed by atoms with van der Waals surface area (Å²) >= 11 is 3.40. The van der Waals surface area contributed by atoms with Gasteiger partial charge in [0.1, 0.15) is 12.8 Å². The number of carbonyl (C=O) groups excluding carboxylic acids is 1. The summed E-state index contributed by atoms with van der Waals surface area (Å²) in [7, 11) is 1.52. The first-order valence-electron chi connectivity index (χ1n) is 6.92. The predicted octanol–water partition coefficient (Wildman–Crippen LogP) is 3.83. The zero-order chi connectivity index (χ0) is 16.2. The van der Waals surface area contributed by atoms with Gasteiger partial charge in [0.2, 0.25) is 6.41 Å². The van der Waals surface area contributed by atoms with Crippen molar-refractivity contribution in [2.75, 3.05) is 17.7 Å². The van der Waals surface area contributed by atoms with Gasteiger partial charge < -0.3 is 15.5 Å². The summed E-state index contributed by atoms with van der Waals surface area (Å²) in [5.41, 5.74) is 5.04. The summed E-state index contributed by atoms with van der Waals surface area (Å²) in [6, 6.07) is 13.5. The number of hydrogen-bond acceptors (Lipinski definition) is 4. The topological polar surface area (TPSA) is 62.7 Å². The first-order valence-corrected chi connectivity index (χ1v) is 7.71. The molecule has 0 saturated heterocycles. The Kier molecular flexibility index (Phi) is 4.43. The standard InChI is InChI=1S/C17H14BrN3O2/c1-23-21-17-13-4-2-3-5-14(13)20-16(17)8-11-6-7-12(18)9-15(11)19-10-22/h2-10,20H,1H3,(H,19,22)/b16-8+,21-17-. The number of fused-ring (bicyclic) bond motifs is 1. The largest absolute Gasteiger partial charge is 0.399 e. The first kappa shape index (κ1) is 15.3. The van der Waals surface area contributed by atoms with Crippen LogP contribution in [0.3, 0.4) is 0 Å². The van der Waals surface area contributed by atoms with Crippen LogP contribution in [0.2, 0.25) is 0 Å². The van der Waals surface area contributed by atoms with Crippen LogP contribution in [0.4, 0.5) is 11.4 Å². The predicted molar refractivity (Wildman–Crippen MR) is 95.4 cm³/mol. The summed E-state index contributed by atoms with van der Waals surface area (Å²) in [6.45, 7) is 0. The van der Waals surface area contributed by atoms with Crippen LogP contribution in [-0.4, -0.2) is 19.2 Å². The Morgan fingerprint density at radius 3 is 2.87 bits per heavy atom. The third-order valence-corrected chi connectivity index (χ3v) is 3.91. The number of benzene rings is 2. The SMILES string of the molecule is CO/N=C1\C(=C/c2ccc(Br)cc2NC=O)Nc2ccccc21. The van der Waals surface area contributed by atoms with Crippen LogP contribution in [0, 0.1) is 0 Å². The molecule has 0 radical (unpaired) electrons. The molecule has 0 aromatic heterocycles. The molecule has 0 spiro atoms. The molecular formula is C17H14BrN3O2. The van der Waals surface area contributed by atoms with E-state index in [2.05, 4.69) is 31.7 Å². The summed E-state index contributed by atoms with van der Waals surface area (Å²) in [6.07, 6.45) is 2.58. The summed E-state index contributed by atoms with van der Waals surface area (Å²) in [5.74, 6) is 0. The van der Waals surface area contributed by atoms with Gasteiger partial charge in [0.05, 0.1) is 5.70 Å². The van der Waals surface area contributed by atoms with Crippen LogP contribution in [0.25, 0.3) is 6.08 Å². The molecule has 0 saturated carbocycles. The number of oxime groups is 1. The maximum atomic E-state index is 10.8. The molecule has 0 fully saturated rings. The van der Waals surface area contributed by atoms with Gasteiger partial charge in [-0.2, -0.15) is 0 Å². The molecule has 2 aromatic carbocycles. The van der Waals surface area contributed by atoms with Gasteiger partial charge in [0.15, 0.2) is 0 Å². The van der Waals surface area contributed by atoms with Crippen LogP contribution < -0.4 is 10.6 Å². The average molecular weight is 372 g/mol. The van der Waals surface area contributed by atoms with Crippen molar-refractivity contribution >= 4 is 45.5 Å². The molecule has 116 valence electrons. The van der Waals surface area contributed by atoms with E-state index >= 15 is 0 Å². The van der Waals surface area contributed by atoms with Gasteiger partial charge >= 0.3 is 0 Å².